The first-order valence-electron chi connectivity index (χ1n) is 7.78. The van der Waals surface area contributed by atoms with E-state index in [2.05, 4.69) is 6.08 Å². The van der Waals surface area contributed by atoms with Crippen molar-refractivity contribution in [2.24, 2.45) is 0 Å². The quantitative estimate of drug-likeness (QED) is 0.609. The predicted octanol–water partition coefficient (Wildman–Crippen LogP) is 4.94. The molecular formula is C18H20O3P+. The van der Waals surface area contributed by atoms with E-state index in [0.29, 0.717) is 16.1 Å². The molecule has 2 aromatic rings. The van der Waals surface area contributed by atoms with Crippen LogP contribution in [0.3, 0.4) is 0 Å². The maximum atomic E-state index is 12.9. The van der Waals surface area contributed by atoms with Crippen LogP contribution < -0.4 is 5.30 Å². The van der Waals surface area contributed by atoms with E-state index in [1.54, 1.807) is 24.3 Å². The summed E-state index contributed by atoms with van der Waals surface area (Å²) < 4.78 is 12.9. The predicted molar refractivity (Wildman–Crippen MR) is 90.3 cm³/mol. The highest BCUT2D eigenvalue weighted by atomic mass is 31.1. The van der Waals surface area contributed by atoms with Gasteiger partial charge in [0.05, 0.1) is 0 Å². The summed E-state index contributed by atoms with van der Waals surface area (Å²) in [5, 5.41) is 23.0. The minimum Gasteiger partial charge on any atom is -0.507 e. The van der Waals surface area contributed by atoms with Gasteiger partial charge in [0.1, 0.15) is 5.75 Å². The van der Waals surface area contributed by atoms with Crippen LogP contribution in [0.4, 0.5) is 0 Å². The molecule has 0 amide bonds. The first-order valence-corrected chi connectivity index (χ1v) is 9.04. The van der Waals surface area contributed by atoms with Crippen LogP contribution in [0.1, 0.15) is 38.5 Å². The molecule has 0 radical (unpaired) electrons. The van der Waals surface area contributed by atoms with E-state index in [1.807, 2.05) is 0 Å². The molecule has 0 heterocycles. The second-order valence-corrected chi connectivity index (χ2v) is 7.40. The number of phenolic OH excluding ortho intramolecular Hbond substituents is 2. The summed E-state index contributed by atoms with van der Waals surface area (Å²) in [5.41, 5.74) is 0. The van der Waals surface area contributed by atoms with Crippen molar-refractivity contribution in [3.63, 3.8) is 0 Å². The van der Waals surface area contributed by atoms with E-state index in [-0.39, 0.29) is 11.5 Å². The van der Waals surface area contributed by atoms with E-state index in [1.165, 1.54) is 12.5 Å². The van der Waals surface area contributed by atoms with Gasteiger partial charge in [0.2, 0.25) is 5.30 Å². The Bertz CT molecular complexity index is 749. The third-order valence-electron chi connectivity index (χ3n) is 4.22. The lowest BCUT2D eigenvalue weighted by atomic mass is 10.1. The largest absolute Gasteiger partial charge is 0.507 e. The average Bonchev–Trinajstić information content (AvgIpc) is 2.50. The van der Waals surface area contributed by atoms with Gasteiger partial charge in [-0.25, -0.2) is 0 Å². The smallest absolute Gasteiger partial charge is 0.414 e. The van der Waals surface area contributed by atoms with Crippen LogP contribution in [0.25, 0.3) is 10.8 Å². The number of allylic oxidation sites excluding steroid dienone is 2. The molecule has 0 aromatic heterocycles. The van der Waals surface area contributed by atoms with Gasteiger partial charge in [-0.3, -0.25) is 0 Å². The number of benzene rings is 2. The van der Waals surface area contributed by atoms with Crippen LogP contribution in [0.15, 0.2) is 41.7 Å². The first-order chi connectivity index (χ1) is 10.7. The Kier molecular flexibility index (Phi) is 4.44. The molecule has 1 unspecified atom stereocenters. The lowest BCUT2D eigenvalue weighted by molar-refractivity contribution is 0.472. The van der Waals surface area contributed by atoms with Gasteiger partial charge in [-0.2, -0.15) is 0 Å². The summed E-state index contributed by atoms with van der Waals surface area (Å²) in [6.07, 6.45) is 8.36. The minimum absolute atomic E-state index is 0.0254. The number of phenols is 2. The zero-order valence-corrected chi connectivity index (χ0v) is 13.4. The van der Waals surface area contributed by atoms with Crippen LogP contribution in [-0.2, 0) is 4.57 Å². The highest BCUT2D eigenvalue weighted by molar-refractivity contribution is 7.58. The topological polar surface area (TPSA) is 57.5 Å². The Morgan fingerprint density at radius 2 is 1.68 bits per heavy atom. The molecule has 1 aliphatic carbocycles. The molecule has 0 fully saturated rings. The van der Waals surface area contributed by atoms with Crippen molar-refractivity contribution in [3.8, 4) is 11.5 Å². The maximum absolute atomic E-state index is 12.9. The zero-order valence-electron chi connectivity index (χ0n) is 12.5. The monoisotopic (exact) mass is 315 g/mol. The highest BCUT2D eigenvalue weighted by Crippen LogP contribution is 2.43. The lowest BCUT2D eigenvalue weighted by Crippen LogP contribution is -2.01. The molecule has 1 atom stereocenters. The number of hydrogen-bond acceptors (Lipinski definition) is 3. The van der Waals surface area contributed by atoms with E-state index < -0.39 is 7.80 Å². The Balaban J connectivity index is 2.05. The average molecular weight is 315 g/mol. The van der Waals surface area contributed by atoms with Crippen molar-refractivity contribution in [3.05, 3.63) is 41.7 Å². The van der Waals surface area contributed by atoms with Gasteiger partial charge in [-0.15, -0.1) is 0 Å². The summed E-state index contributed by atoms with van der Waals surface area (Å²) >= 11 is 0. The SMILES string of the molecule is O=[P+](C1=CCCCCCC1)c1cc(O)c2ccccc2c1O. The molecule has 3 rings (SSSR count). The summed E-state index contributed by atoms with van der Waals surface area (Å²) in [5.74, 6) is 0.0932. The van der Waals surface area contributed by atoms with Crippen LogP contribution in [0.5, 0.6) is 11.5 Å². The number of hydrogen-bond donors (Lipinski definition) is 2. The van der Waals surface area contributed by atoms with E-state index >= 15 is 0 Å². The second kappa shape index (κ2) is 6.50. The number of fused-ring (bicyclic) bond motifs is 1. The molecule has 4 heteroatoms. The molecule has 0 saturated heterocycles. The Morgan fingerprint density at radius 3 is 2.50 bits per heavy atom. The molecular weight excluding hydrogens is 295 g/mol. The summed E-state index contributed by atoms with van der Waals surface area (Å²) in [4.78, 5) is 0. The maximum Gasteiger partial charge on any atom is 0.414 e. The second-order valence-electron chi connectivity index (χ2n) is 5.75. The normalized spacial score (nSPS) is 16.7. The molecule has 2 N–H and O–H groups in total. The van der Waals surface area contributed by atoms with Gasteiger partial charge in [0.15, 0.2) is 11.1 Å². The van der Waals surface area contributed by atoms with Crippen molar-refractivity contribution >= 4 is 23.9 Å². The van der Waals surface area contributed by atoms with Crippen LogP contribution in [-0.4, -0.2) is 10.2 Å². The molecule has 0 aliphatic heterocycles. The van der Waals surface area contributed by atoms with Gasteiger partial charge in [-0.05, 0) is 25.3 Å². The molecule has 22 heavy (non-hydrogen) atoms. The fraction of sp³-hybridized carbons (Fsp3) is 0.333. The first kappa shape index (κ1) is 15.1. The number of rotatable bonds is 2. The fourth-order valence-corrected chi connectivity index (χ4v) is 4.51. The summed E-state index contributed by atoms with van der Waals surface area (Å²) in [6, 6.07) is 8.54. The molecule has 3 nitrogen and oxygen atoms in total. The van der Waals surface area contributed by atoms with Gasteiger partial charge >= 0.3 is 7.80 Å². The van der Waals surface area contributed by atoms with Gasteiger partial charge < -0.3 is 10.2 Å². The van der Waals surface area contributed by atoms with Gasteiger partial charge in [0, 0.05) is 23.3 Å². The van der Waals surface area contributed by atoms with Crippen LogP contribution >= 0.6 is 7.80 Å². The zero-order chi connectivity index (χ0) is 15.5. The molecule has 0 saturated carbocycles. The van der Waals surface area contributed by atoms with Crippen molar-refractivity contribution in [2.45, 2.75) is 38.5 Å². The van der Waals surface area contributed by atoms with Crippen LogP contribution in [0, 0.1) is 0 Å². The van der Waals surface area contributed by atoms with Crippen molar-refractivity contribution in [1.82, 2.24) is 0 Å². The van der Waals surface area contributed by atoms with Crippen molar-refractivity contribution in [1.29, 1.82) is 0 Å². The Labute approximate surface area is 131 Å². The van der Waals surface area contributed by atoms with Crippen LogP contribution in [0.2, 0.25) is 0 Å². The Morgan fingerprint density at radius 1 is 0.955 bits per heavy atom. The molecule has 1 aliphatic rings. The lowest BCUT2D eigenvalue weighted by Gasteiger charge is -2.06. The van der Waals surface area contributed by atoms with Gasteiger partial charge in [-0.1, -0.05) is 41.7 Å². The summed E-state index contributed by atoms with van der Waals surface area (Å²) in [6.45, 7) is 0. The molecule has 0 bridgehead atoms. The summed E-state index contributed by atoms with van der Waals surface area (Å²) in [7, 11) is -1.83. The molecule has 0 spiro atoms. The third kappa shape index (κ3) is 2.86. The van der Waals surface area contributed by atoms with Gasteiger partial charge in [0.25, 0.3) is 0 Å². The van der Waals surface area contributed by atoms with Crippen molar-refractivity contribution < 1.29 is 14.8 Å². The fourth-order valence-electron chi connectivity index (χ4n) is 3.00. The third-order valence-corrected chi connectivity index (χ3v) is 5.93. The Hall–Kier alpha value is -1.86. The minimum atomic E-state index is -1.83. The molecule has 114 valence electrons. The van der Waals surface area contributed by atoms with E-state index in [0.717, 1.165) is 37.4 Å². The van der Waals surface area contributed by atoms with E-state index in [9.17, 15) is 14.8 Å². The highest BCUT2D eigenvalue weighted by Gasteiger charge is 2.32. The molecule has 2 aromatic carbocycles. The number of aromatic hydroxyl groups is 2. The van der Waals surface area contributed by atoms with E-state index in [4.69, 9.17) is 0 Å². The standard InChI is InChI=1S/C18H19O3P/c19-16-12-17(18(20)15-11-7-6-10-14(15)16)22(21)13-8-4-2-1-3-5-9-13/h6-8,10-12H,1-5,9H2,(H-,19,20,21)/p+1. The van der Waals surface area contributed by atoms with Crippen molar-refractivity contribution in [2.75, 3.05) is 0 Å².